The van der Waals surface area contributed by atoms with Crippen LogP contribution in [0.4, 0.5) is 4.39 Å². The van der Waals surface area contributed by atoms with Crippen molar-refractivity contribution in [1.82, 2.24) is 0 Å². The Balaban J connectivity index is 2.61. The van der Waals surface area contributed by atoms with Gasteiger partial charge >= 0.3 is 5.97 Å². The summed E-state index contributed by atoms with van der Waals surface area (Å²) in [7, 11) is -3.78. The second kappa shape index (κ2) is 3.93. The summed E-state index contributed by atoms with van der Waals surface area (Å²) in [5.41, 5.74) is -0.898. The summed E-state index contributed by atoms with van der Waals surface area (Å²) < 4.78 is 36.5. The molecule has 1 aliphatic carbocycles. The van der Waals surface area contributed by atoms with E-state index in [0.29, 0.717) is 12.8 Å². The number of benzene rings is 1. The highest BCUT2D eigenvalue weighted by Gasteiger charge is 2.52. The van der Waals surface area contributed by atoms with Crippen LogP contribution in [0.3, 0.4) is 0 Å². The highest BCUT2D eigenvalue weighted by molar-refractivity contribution is 7.90. The average Bonchev–Trinajstić information content (AvgIpc) is 2.93. The standard InChI is InChI=1S/C11H10ClFO4S/c1-18(16,17)9-7(12)4-6(5-8(9)13)11(2-3-11)10(14)15/h4-5H,2-3H2,1H3,(H,14,15). The number of aliphatic carboxylic acids is 1. The Bertz CT molecular complexity index is 611. The molecule has 18 heavy (non-hydrogen) atoms. The largest absolute Gasteiger partial charge is 0.481 e. The molecule has 0 saturated heterocycles. The Hall–Kier alpha value is -1.14. The van der Waals surface area contributed by atoms with Gasteiger partial charge in [-0.25, -0.2) is 12.8 Å². The quantitative estimate of drug-likeness (QED) is 0.925. The third kappa shape index (κ3) is 1.99. The fraction of sp³-hybridized carbons (Fsp3) is 0.364. The Morgan fingerprint density at radius 2 is 2.00 bits per heavy atom. The predicted octanol–water partition coefficient (Wildman–Crippen LogP) is 2.00. The van der Waals surface area contributed by atoms with Crippen LogP contribution in [0, 0.1) is 5.82 Å². The van der Waals surface area contributed by atoms with Crippen molar-refractivity contribution in [2.45, 2.75) is 23.2 Å². The molecule has 7 heteroatoms. The molecule has 0 bridgehead atoms. The maximum atomic E-state index is 13.8. The summed E-state index contributed by atoms with van der Waals surface area (Å²) in [5.74, 6) is -2.06. The summed E-state index contributed by atoms with van der Waals surface area (Å²) in [6.45, 7) is 0. The number of carboxylic acids is 1. The predicted molar refractivity (Wildman–Crippen MR) is 63.1 cm³/mol. The zero-order chi connectivity index (χ0) is 13.7. The molecular formula is C11H10ClFO4S. The lowest BCUT2D eigenvalue weighted by molar-refractivity contribution is -0.140. The van der Waals surface area contributed by atoms with E-state index < -0.39 is 31.9 Å². The minimum atomic E-state index is -3.78. The van der Waals surface area contributed by atoms with Gasteiger partial charge in [0.2, 0.25) is 0 Å². The molecule has 0 aliphatic heterocycles. The number of carboxylic acid groups (broad SMARTS) is 1. The van der Waals surface area contributed by atoms with E-state index in [1.807, 2.05) is 0 Å². The van der Waals surface area contributed by atoms with E-state index in [0.717, 1.165) is 12.3 Å². The molecule has 4 nitrogen and oxygen atoms in total. The van der Waals surface area contributed by atoms with Crippen molar-refractivity contribution in [3.8, 4) is 0 Å². The summed E-state index contributed by atoms with van der Waals surface area (Å²) in [6.07, 6.45) is 1.65. The second-order valence-corrected chi connectivity index (χ2v) is 6.79. The van der Waals surface area contributed by atoms with Gasteiger partial charge in [0, 0.05) is 6.26 Å². The Morgan fingerprint density at radius 3 is 2.33 bits per heavy atom. The third-order valence-corrected chi connectivity index (χ3v) is 4.65. The molecule has 0 radical (unpaired) electrons. The molecule has 1 aliphatic rings. The van der Waals surface area contributed by atoms with Crippen LogP contribution in [0.15, 0.2) is 17.0 Å². The molecule has 1 N–H and O–H groups in total. The Kier molecular flexibility index (Phi) is 2.90. The maximum absolute atomic E-state index is 13.8. The molecule has 0 amide bonds. The van der Waals surface area contributed by atoms with Gasteiger partial charge in [-0.1, -0.05) is 11.6 Å². The van der Waals surface area contributed by atoms with Gasteiger partial charge < -0.3 is 5.11 Å². The van der Waals surface area contributed by atoms with Crippen LogP contribution in [-0.4, -0.2) is 25.7 Å². The Morgan fingerprint density at radius 1 is 1.44 bits per heavy atom. The van der Waals surface area contributed by atoms with Gasteiger partial charge in [-0.3, -0.25) is 4.79 Å². The van der Waals surface area contributed by atoms with Gasteiger partial charge in [0.1, 0.15) is 10.7 Å². The van der Waals surface area contributed by atoms with Crippen LogP contribution in [0.2, 0.25) is 5.02 Å². The van der Waals surface area contributed by atoms with Crippen LogP contribution in [0.25, 0.3) is 0 Å². The molecule has 0 atom stereocenters. The molecule has 2 rings (SSSR count). The first-order valence-electron chi connectivity index (χ1n) is 5.11. The molecular weight excluding hydrogens is 283 g/mol. The molecule has 1 aromatic rings. The summed E-state index contributed by atoms with van der Waals surface area (Å²) in [5, 5.41) is 8.81. The lowest BCUT2D eigenvalue weighted by atomic mass is 9.96. The second-order valence-electron chi connectivity index (χ2n) is 4.43. The Labute approximate surface area is 108 Å². The number of halogens is 2. The monoisotopic (exact) mass is 292 g/mol. The highest BCUT2D eigenvalue weighted by Crippen LogP contribution is 2.49. The molecule has 0 aromatic heterocycles. The van der Waals surface area contributed by atoms with Gasteiger partial charge in [-0.05, 0) is 30.5 Å². The lowest BCUT2D eigenvalue weighted by Crippen LogP contribution is -2.20. The van der Waals surface area contributed by atoms with Crippen molar-refractivity contribution in [2.24, 2.45) is 0 Å². The highest BCUT2D eigenvalue weighted by atomic mass is 35.5. The number of hydrogen-bond acceptors (Lipinski definition) is 3. The first-order valence-corrected chi connectivity index (χ1v) is 7.38. The van der Waals surface area contributed by atoms with Crippen LogP contribution >= 0.6 is 11.6 Å². The van der Waals surface area contributed by atoms with Crippen molar-refractivity contribution in [3.05, 3.63) is 28.5 Å². The normalized spacial score (nSPS) is 17.5. The van der Waals surface area contributed by atoms with E-state index in [-0.39, 0.29) is 10.6 Å². The number of rotatable bonds is 3. The summed E-state index contributed by atoms with van der Waals surface area (Å²) >= 11 is 5.75. The molecule has 1 saturated carbocycles. The fourth-order valence-corrected chi connectivity index (χ4v) is 3.40. The van der Waals surface area contributed by atoms with Crippen molar-refractivity contribution < 1.29 is 22.7 Å². The third-order valence-electron chi connectivity index (χ3n) is 3.08. The molecule has 1 fully saturated rings. The maximum Gasteiger partial charge on any atom is 0.314 e. The van der Waals surface area contributed by atoms with Crippen LogP contribution in [-0.2, 0) is 20.0 Å². The van der Waals surface area contributed by atoms with Crippen molar-refractivity contribution in [1.29, 1.82) is 0 Å². The van der Waals surface area contributed by atoms with E-state index in [1.165, 1.54) is 6.07 Å². The van der Waals surface area contributed by atoms with Crippen LogP contribution in [0.1, 0.15) is 18.4 Å². The van der Waals surface area contributed by atoms with Gasteiger partial charge in [0.25, 0.3) is 0 Å². The van der Waals surface area contributed by atoms with Gasteiger partial charge in [-0.15, -0.1) is 0 Å². The number of hydrogen-bond donors (Lipinski definition) is 1. The van der Waals surface area contributed by atoms with E-state index >= 15 is 0 Å². The fourth-order valence-electron chi connectivity index (χ4n) is 1.94. The zero-order valence-electron chi connectivity index (χ0n) is 9.41. The van der Waals surface area contributed by atoms with E-state index in [9.17, 15) is 17.6 Å². The minimum absolute atomic E-state index is 0.213. The zero-order valence-corrected chi connectivity index (χ0v) is 11.0. The number of sulfone groups is 1. The molecule has 0 spiro atoms. The van der Waals surface area contributed by atoms with Gasteiger partial charge in [0.05, 0.1) is 10.4 Å². The van der Waals surface area contributed by atoms with Crippen LogP contribution in [0.5, 0.6) is 0 Å². The van der Waals surface area contributed by atoms with E-state index in [2.05, 4.69) is 0 Å². The minimum Gasteiger partial charge on any atom is -0.481 e. The van der Waals surface area contributed by atoms with Crippen molar-refractivity contribution in [2.75, 3.05) is 6.26 Å². The lowest BCUT2D eigenvalue weighted by Gasteiger charge is -2.13. The van der Waals surface area contributed by atoms with E-state index in [4.69, 9.17) is 16.7 Å². The average molecular weight is 293 g/mol. The first-order chi connectivity index (χ1) is 8.18. The summed E-state index contributed by atoms with van der Waals surface area (Å²) in [4.78, 5) is 10.5. The van der Waals surface area contributed by atoms with E-state index in [1.54, 1.807) is 0 Å². The smallest absolute Gasteiger partial charge is 0.314 e. The molecule has 98 valence electrons. The molecule has 1 aromatic carbocycles. The molecule has 0 unspecified atom stereocenters. The van der Waals surface area contributed by atoms with Gasteiger partial charge in [-0.2, -0.15) is 0 Å². The van der Waals surface area contributed by atoms with Crippen molar-refractivity contribution >= 4 is 27.4 Å². The topological polar surface area (TPSA) is 71.4 Å². The van der Waals surface area contributed by atoms with Crippen molar-refractivity contribution in [3.63, 3.8) is 0 Å². The van der Waals surface area contributed by atoms with Gasteiger partial charge in [0.15, 0.2) is 9.84 Å². The van der Waals surface area contributed by atoms with Crippen LogP contribution < -0.4 is 0 Å². The SMILES string of the molecule is CS(=O)(=O)c1c(F)cc(C2(C(=O)O)CC2)cc1Cl. The summed E-state index contributed by atoms with van der Waals surface area (Å²) in [6, 6.07) is 2.17. The number of carbonyl (C=O) groups is 1. The first kappa shape index (κ1) is 13.3. The molecule has 0 heterocycles.